The Labute approximate surface area is 175 Å². The number of carbonyl (C=O) groups excluding carboxylic acids is 2. The molecule has 7 heteroatoms. The molecule has 2 amide bonds. The van der Waals surface area contributed by atoms with Crippen LogP contribution in [0, 0.1) is 12.8 Å². The lowest BCUT2D eigenvalue weighted by atomic mass is 10.00. The van der Waals surface area contributed by atoms with Crippen molar-refractivity contribution >= 4 is 11.8 Å². The fourth-order valence-corrected chi connectivity index (χ4v) is 3.11. The summed E-state index contributed by atoms with van der Waals surface area (Å²) in [6.07, 6.45) is 2.30. The molecule has 0 spiro atoms. The highest BCUT2D eigenvalue weighted by Gasteiger charge is 2.14. The molecule has 0 radical (unpaired) electrons. The molecule has 1 heterocycles. The van der Waals surface area contributed by atoms with Gasteiger partial charge in [-0.2, -0.15) is 0 Å². The molecule has 2 aromatic carbocycles. The summed E-state index contributed by atoms with van der Waals surface area (Å²) in [6, 6.07) is 16.6. The predicted molar refractivity (Wildman–Crippen MR) is 113 cm³/mol. The second kappa shape index (κ2) is 9.76. The van der Waals surface area contributed by atoms with E-state index in [4.69, 9.17) is 5.21 Å². The van der Waals surface area contributed by atoms with Gasteiger partial charge in [0.1, 0.15) is 0 Å². The van der Waals surface area contributed by atoms with Crippen LogP contribution in [0.5, 0.6) is 0 Å². The smallest absolute Gasteiger partial charge is 0.274 e. The zero-order valence-corrected chi connectivity index (χ0v) is 16.9. The molecule has 1 unspecified atom stereocenters. The largest absolute Gasteiger partial charge is 0.352 e. The van der Waals surface area contributed by atoms with E-state index < -0.39 is 5.91 Å². The number of nitrogens with zero attached hydrogens (tertiary/aromatic N) is 2. The molecule has 1 aromatic heterocycles. The van der Waals surface area contributed by atoms with E-state index in [9.17, 15) is 9.59 Å². The second-order valence-corrected chi connectivity index (χ2v) is 7.22. The van der Waals surface area contributed by atoms with Crippen molar-refractivity contribution in [3.8, 4) is 11.4 Å². The first-order chi connectivity index (χ1) is 14.5. The first-order valence-electron chi connectivity index (χ1n) is 9.68. The third kappa shape index (κ3) is 5.27. The highest BCUT2D eigenvalue weighted by molar-refractivity contribution is 5.95. The maximum absolute atomic E-state index is 12.6. The quantitative estimate of drug-likeness (QED) is 0.414. The molecular formula is C23H24N4O3. The summed E-state index contributed by atoms with van der Waals surface area (Å²) in [5.41, 5.74) is 5.03. The Bertz CT molecular complexity index is 1020. The fourth-order valence-electron chi connectivity index (χ4n) is 3.11. The summed E-state index contributed by atoms with van der Waals surface area (Å²) in [5, 5.41) is 11.6. The molecular weight excluding hydrogens is 380 g/mol. The molecule has 1 atom stereocenters. The minimum atomic E-state index is -0.544. The summed E-state index contributed by atoms with van der Waals surface area (Å²) in [6.45, 7) is 4.34. The van der Waals surface area contributed by atoms with E-state index in [1.807, 2.05) is 49.4 Å². The number of carbonyl (C=O) groups is 2. The Morgan fingerprint density at radius 2 is 1.73 bits per heavy atom. The molecule has 7 nitrogen and oxygen atoms in total. The Kier molecular flexibility index (Phi) is 6.87. The second-order valence-electron chi connectivity index (χ2n) is 7.22. The number of hydroxylamine groups is 1. The zero-order chi connectivity index (χ0) is 21.5. The molecule has 3 aromatic rings. The number of amides is 2. The topological polar surface area (TPSA) is 104 Å². The van der Waals surface area contributed by atoms with E-state index >= 15 is 0 Å². The lowest BCUT2D eigenvalue weighted by molar-refractivity contribution is 0.0706. The Hall–Kier alpha value is -3.58. The van der Waals surface area contributed by atoms with Gasteiger partial charge < -0.3 is 5.32 Å². The van der Waals surface area contributed by atoms with E-state index in [1.54, 1.807) is 30.7 Å². The van der Waals surface area contributed by atoms with Gasteiger partial charge in [-0.3, -0.25) is 14.8 Å². The Morgan fingerprint density at radius 3 is 2.37 bits per heavy atom. The minimum absolute atomic E-state index is 0.191. The van der Waals surface area contributed by atoms with Crippen molar-refractivity contribution in [1.29, 1.82) is 0 Å². The summed E-state index contributed by atoms with van der Waals surface area (Å²) >= 11 is 0. The molecule has 30 heavy (non-hydrogen) atoms. The van der Waals surface area contributed by atoms with E-state index in [-0.39, 0.29) is 11.8 Å². The van der Waals surface area contributed by atoms with Gasteiger partial charge >= 0.3 is 0 Å². The number of hydrogen-bond donors (Lipinski definition) is 3. The molecule has 0 saturated carbocycles. The number of rotatable bonds is 7. The molecule has 154 valence electrons. The van der Waals surface area contributed by atoms with Crippen LogP contribution < -0.4 is 10.8 Å². The van der Waals surface area contributed by atoms with E-state index in [0.717, 1.165) is 17.5 Å². The third-order valence-electron chi connectivity index (χ3n) is 4.77. The lowest BCUT2D eigenvalue weighted by Gasteiger charge is -2.14. The van der Waals surface area contributed by atoms with Crippen molar-refractivity contribution < 1.29 is 14.8 Å². The third-order valence-corrected chi connectivity index (χ3v) is 4.77. The Morgan fingerprint density at radius 1 is 1.03 bits per heavy atom. The van der Waals surface area contributed by atoms with Crippen LogP contribution in [0.1, 0.15) is 38.9 Å². The normalized spacial score (nSPS) is 11.6. The highest BCUT2D eigenvalue weighted by Crippen LogP contribution is 2.16. The maximum atomic E-state index is 12.6. The van der Waals surface area contributed by atoms with Crippen molar-refractivity contribution in [2.45, 2.75) is 20.3 Å². The van der Waals surface area contributed by atoms with Crippen molar-refractivity contribution in [3.63, 3.8) is 0 Å². The summed E-state index contributed by atoms with van der Waals surface area (Å²) in [7, 11) is 0. The molecule has 0 aliphatic heterocycles. The summed E-state index contributed by atoms with van der Waals surface area (Å²) in [4.78, 5) is 32.7. The van der Waals surface area contributed by atoms with Crippen LogP contribution in [0.4, 0.5) is 0 Å². The van der Waals surface area contributed by atoms with Gasteiger partial charge in [-0.15, -0.1) is 0 Å². The van der Waals surface area contributed by atoms with Crippen molar-refractivity contribution in [1.82, 2.24) is 20.8 Å². The Balaban J connectivity index is 1.56. The van der Waals surface area contributed by atoms with E-state index in [0.29, 0.717) is 29.2 Å². The van der Waals surface area contributed by atoms with Gasteiger partial charge in [0.25, 0.3) is 11.8 Å². The highest BCUT2D eigenvalue weighted by atomic mass is 16.5. The summed E-state index contributed by atoms with van der Waals surface area (Å²) < 4.78 is 0. The van der Waals surface area contributed by atoms with E-state index in [1.165, 1.54) is 0 Å². The van der Waals surface area contributed by atoms with Crippen molar-refractivity contribution in [2.24, 2.45) is 5.92 Å². The average molecular weight is 404 g/mol. The van der Waals surface area contributed by atoms with Crippen LogP contribution >= 0.6 is 0 Å². The van der Waals surface area contributed by atoms with Crippen LogP contribution in [0.2, 0.25) is 0 Å². The average Bonchev–Trinajstić information content (AvgIpc) is 2.78. The molecule has 0 aliphatic rings. The number of hydrogen-bond acceptors (Lipinski definition) is 5. The van der Waals surface area contributed by atoms with Gasteiger partial charge in [-0.1, -0.05) is 49.4 Å². The SMILES string of the molecule is Cc1nc(-c2ccccc2)ncc1C(=O)NCC(C)Cc1ccc(C(=O)NO)cc1. The molecule has 0 saturated heterocycles. The first kappa shape index (κ1) is 21.1. The molecule has 3 rings (SSSR count). The summed E-state index contributed by atoms with van der Waals surface area (Å²) in [5.74, 6) is 0.0410. The van der Waals surface area contributed by atoms with Crippen molar-refractivity contribution in [2.75, 3.05) is 6.54 Å². The predicted octanol–water partition coefficient (Wildman–Crippen LogP) is 3.18. The maximum Gasteiger partial charge on any atom is 0.274 e. The standard InChI is InChI=1S/C23H24N4O3/c1-15(12-17-8-10-19(11-9-17)22(28)27-30)13-25-23(29)20-14-24-21(26-16(20)2)18-6-4-3-5-7-18/h3-11,14-15,30H,12-13H2,1-2H3,(H,25,29)(H,27,28). The van der Waals surface area contributed by atoms with Gasteiger partial charge in [0, 0.05) is 23.9 Å². The van der Waals surface area contributed by atoms with Crippen LogP contribution in [0.15, 0.2) is 60.8 Å². The molecule has 0 bridgehead atoms. The minimum Gasteiger partial charge on any atom is -0.352 e. The number of nitrogens with one attached hydrogen (secondary N) is 2. The molecule has 0 fully saturated rings. The van der Waals surface area contributed by atoms with Crippen LogP contribution in [-0.4, -0.2) is 33.5 Å². The number of benzene rings is 2. The number of aromatic nitrogens is 2. The lowest BCUT2D eigenvalue weighted by Crippen LogP contribution is -2.30. The first-order valence-corrected chi connectivity index (χ1v) is 9.68. The van der Waals surface area contributed by atoms with Crippen LogP contribution in [0.3, 0.4) is 0 Å². The zero-order valence-electron chi connectivity index (χ0n) is 16.9. The van der Waals surface area contributed by atoms with Gasteiger partial charge in [-0.25, -0.2) is 15.4 Å². The fraction of sp³-hybridized carbons (Fsp3) is 0.217. The van der Waals surface area contributed by atoms with Gasteiger partial charge in [0.15, 0.2) is 5.82 Å². The van der Waals surface area contributed by atoms with Crippen LogP contribution in [0.25, 0.3) is 11.4 Å². The number of aryl methyl sites for hydroxylation is 1. The van der Waals surface area contributed by atoms with E-state index in [2.05, 4.69) is 15.3 Å². The van der Waals surface area contributed by atoms with Crippen molar-refractivity contribution in [3.05, 3.63) is 83.2 Å². The van der Waals surface area contributed by atoms with Gasteiger partial charge in [0.05, 0.1) is 11.3 Å². The molecule has 3 N–H and O–H groups in total. The van der Waals surface area contributed by atoms with Gasteiger partial charge in [-0.05, 0) is 37.0 Å². The molecule has 0 aliphatic carbocycles. The monoisotopic (exact) mass is 404 g/mol. The van der Waals surface area contributed by atoms with Crippen LogP contribution in [-0.2, 0) is 6.42 Å². The van der Waals surface area contributed by atoms with Gasteiger partial charge in [0.2, 0.25) is 0 Å².